The van der Waals surface area contributed by atoms with Crippen molar-refractivity contribution in [2.24, 2.45) is 5.92 Å². The molecule has 0 aliphatic carbocycles. The third-order valence-corrected chi connectivity index (χ3v) is 8.61. The molecule has 0 bridgehead atoms. The number of nitrogens with zero attached hydrogens (tertiary/aromatic N) is 2. The van der Waals surface area contributed by atoms with Crippen LogP contribution in [0, 0.1) is 5.92 Å². The fraction of sp³-hybridized carbons (Fsp3) is 0.432. The fourth-order valence-electron chi connectivity index (χ4n) is 5.59. The molecule has 276 valence electrons. The average Bonchev–Trinajstić information content (AvgIpc) is 3.09. The molecule has 0 unspecified atom stereocenters. The molecule has 0 saturated carbocycles. The van der Waals surface area contributed by atoms with E-state index in [2.05, 4.69) is 16.0 Å². The van der Waals surface area contributed by atoms with Gasteiger partial charge in [0.05, 0.1) is 36.0 Å². The molecule has 4 atom stereocenters. The van der Waals surface area contributed by atoms with Crippen molar-refractivity contribution in [2.45, 2.75) is 64.5 Å². The Bertz CT molecular complexity index is 1610. The van der Waals surface area contributed by atoms with Crippen LogP contribution in [0.25, 0.3) is 0 Å². The van der Waals surface area contributed by atoms with Crippen molar-refractivity contribution in [2.75, 3.05) is 49.3 Å². The number of fused-ring (bicyclic) bond motifs is 1. The van der Waals surface area contributed by atoms with Gasteiger partial charge in [0.1, 0.15) is 5.75 Å². The van der Waals surface area contributed by atoms with Gasteiger partial charge in [-0.25, -0.2) is 9.59 Å². The third kappa shape index (κ3) is 11.3. The highest BCUT2D eigenvalue weighted by atomic mass is 19.4. The summed E-state index contributed by atoms with van der Waals surface area (Å²) < 4.78 is 51.5. The number of benzene rings is 3. The Balaban J connectivity index is 1.55. The van der Waals surface area contributed by atoms with Gasteiger partial charge in [0, 0.05) is 49.7 Å². The first-order valence-corrected chi connectivity index (χ1v) is 16.9. The maximum absolute atomic E-state index is 14.3. The second kappa shape index (κ2) is 17.9. The Morgan fingerprint density at radius 2 is 1.61 bits per heavy atom. The van der Waals surface area contributed by atoms with Crippen LogP contribution < -0.4 is 20.7 Å². The number of nitrogens with one attached hydrogen (secondary N) is 3. The first kappa shape index (κ1) is 39.0. The van der Waals surface area contributed by atoms with Crippen molar-refractivity contribution in [3.05, 3.63) is 83.9 Å². The summed E-state index contributed by atoms with van der Waals surface area (Å²) in [7, 11) is 1.55. The van der Waals surface area contributed by atoms with E-state index in [0.29, 0.717) is 36.6 Å². The minimum atomic E-state index is -4.49. The number of alkyl halides is 3. The van der Waals surface area contributed by atoms with E-state index >= 15 is 0 Å². The molecule has 14 heteroatoms. The molecule has 0 fully saturated rings. The van der Waals surface area contributed by atoms with Gasteiger partial charge in [0.25, 0.3) is 5.91 Å². The van der Waals surface area contributed by atoms with E-state index in [1.165, 1.54) is 21.9 Å². The van der Waals surface area contributed by atoms with Gasteiger partial charge in [-0.1, -0.05) is 25.1 Å². The molecular formula is C37H46F3N5O6. The van der Waals surface area contributed by atoms with Crippen LogP contribution in [0.1, 0.15) is 56.0 Å². The maximum Gasteiger partial charge on any atom is 0.416 e. The number of hydrogen-bond acceptors (Lipinski definition) is 6. The van der Waals surface area contributed by atoms with Gasteiger partial charge in [-0.2, -0.15) is 13.2 Å². The van der Waals surface area contributed by atoms with Crippen LogP contribution in [0.15, 0.2) is 72.8 Å². The number of likely N-dealkylation sites (N-methyl/N-ethyl adjacent to an activating group) is 1. The molecule has 3 aromatic rings. The van der Waals surface area contributed by atoms with Crippen molar-refractivity contribution in [1.29, 1.82) is 0 Å². The summed E-state index contributed by atoms with van der Waals surface area (Å²) >= 11 is 0. The number of aliphatic hydroxyl groups excluding tert-OH is 1. The number of urea groups is 2. The van der Waals surface area contributed by atoms with Crippen LogP contribution in [-0.4, -0.2) is 84.5 Å². The highest BCUT2D eigenvalue weighted by Crippen LogP contribution is 2.31. The minimum absolute atomic E-state index is 0.115. The number of carbonyl (C=O) groups excluding carboxylic acids is 3. The van der Waals surface area contributed by atoms with Gasteiger partial charge in [-0.05, 0) is 87.7 Å². The fourth-order valence-corrected chi connectivity index (χ4v) is 5.59. The number of halogens is 3. The van der Waals surface area contributed by atoms with Crippen molar-refractivity contribution < 1.29 is 42.1 Å². The molecule has 1 aliphatic rings. The molecule has 4 rings (SSSR count). The van der Waals surface area contributed by atoms with E-state index in [1.807, 2.05) is 19.9 Å². The molecule has 1 aliphatic heterocycles. The number of ether oxygens (including phenoxy) is 2. The topological polar surface area (TPSA) is 132 Å². The summed E-state index contributed by atoms with van der Waals surface area (Å²) in [6, 6.07) is 16.3. The Labute approximate surface area is 296 Å². The summed E-state index contributed by atoms with van der Waals surface area (Å²) in [5.74, 6) is -0.427. The van der Waals surface area contributed by atoms with Crippen LogP contribution in [-0.2, 0) is 10.9 Å². The number of carbonyl (C=O) groups is 3. The van der Waals surface area contributed by atoms with Crippen LogP contribution in [0.5, 0.6) is 5.75 Å². The molecule has 51 heavy (non-hydrogen) atoms. The predicted molar refractivity (Wildman–Crippen MR) is 189 cm³/mol. The molecule has 0 radical (unpaired) electrons. The Hall–Kier alpha value is -4.82. The quantitative estimate of drug-likeness (QED) is 0.203. The summed E-state index contributed by atoms with van der Waals surface area (Å²) in [4.78, 5) is 43.1. The Kier molecular flexibility index (Phi) is 13.7. The summed E-state index contributed by atoms with van der Waals surface area (Å²) in [5, 5.41) is 18.3. The lowest BCUT2D eigenvalue weighted by Gasteiger charge is -2.35. The van der Waals surface area contributed by atoms with Crippen molar-refractivity contribution in [3.63, 3.8) is 0 Å². The number of amides is 5. The zero-order chi connectivity index (χ0) is 37.1. The van der Waals surface area contributed by atoms with Crippen molar-refractivity contribution >= 4 is 35.0 Å². The van der Waals surface area contributed by atoms with Crippen LogP contribution in [0.3, 0.4) is 0 Å². The second-order valence-corrected chi connectivity index (χ2v) is 12.8. The zero-order valence-corrected chi connectivity index (χ0v) is 29.2. The normalized spacial score (nSPS) is 19.5. The molecule has 5 amide bonds. The van der Waals surface area contributed by atoms with E-state index in [9.17, 15) is 32.7 Å². The smallest absolute Gasteiger partial charge is 0.416 e. The van der Waals surface area contributed by atoms with Crippen LogP contribution >= 0.6 is 0 Å². The van der Waals surface area contributed by atoms with Gasteiger partial charge in [0.15, 0.2) is 0 Å². The standard InChI is InChI=1S/C37H46F3N5O6/c1-24-21-45(25(2)23-46)34(47)31-20-30(42-35(48)41-28-11-6-5-7-12-28)17-18-32(31)51-26(3)10-8-9-19-50-33(24)22-44(4)36(49)43-29-15-13-27(14-16-29)37(38,39)40/h5-7,11-18,20,24-26,33,46H,8-10,19,21-23H2,1-4H3,(H,43,49)(H2,41,42,48)/t24-,25-,26+,33+/m0/s1. The monoisotopic (exact) mass is 713 g/mol. The molecule has 1 heterocycles. The van der Waals surface area contributed by atoms with E-state index < -0.39 is 41.9 Å². The van der Waals surface area contributed by atoms with E-state index in [1.54, 1.807) is 56.4 Å². The summed E-state index contributed by atoms with van der Waals surface area (Å²) in [5.41, 5.74) is 0.540. The molecule has 11 nitrogen and oxygen atoms in total. The highest BCUT2D eigenvalue weighted by Gasteiger charge is 2.32. The molecule has 4 N–H and O–H groups in total. The Morgan fingerprint density at radius 1 is 0.961 bits per heavy atom. The predicted octanol–water partition coefficient (Wildman–Crippen LogP) is 7.31. The second-order valence-electron chi connectivity index (χ2n) is 12.8. The molecule has 3 aromatic carbocycles. The first-order chi connectivity index (χ1) is 24.2. The number of hydrogen-bond donors (Lipinski definition) is 4. The van der Waals surface area contributed by atoms with E-state index in [-0.39, 0.29) is 43.0 Å². The Morgan fingerprint density at radius 3 is 2.27 bits per heavy atom. The number of anilines is 3. The SMILES string of the molecule is C[C@@H]1CCCCO[C@H](CN(C)C(=O)Nc2ccc(C(F)(F)F)cc2)[C@@H](C)CN([C@@H](C)CO)C(=O)c2cc(NC(=O)Nc3ccccc3)ccc2O1. The van der Waals surface area contributed by atoms with Gasteiger partial charge < -0.3 is 40.3 Å². The van der Waals surface area contributed by atoms with Crippen LogP contribution in [0.2, 0.25) is 0 Å². The highest BCUT2D eigenvalue weighted by molar-refractivity contribution is 6.02. The lowest BCUT2D eigenvalue weighted by atomic mass is 10.0. The minimum Gasteiger partial charge on any atom is -0.490 e. The van der Waals surface area contributed by atoms with Gasteiger partial charge in [-0.15, -0.1) is 0 Å². The van der Waals surface area contributed by atoms with Gasteiger partial charge in [-0.3, -0.25) is 4.79 Å². The van der Waals surface area contributed by atoms with E-state index in [4.69, 9.17) is 9.47 Å². The number of aliphatic hydroxyl groups is 1. The molecule has 0 aromatic heterocycles. The molecular weight excluding hydrogens is 667 g/mol. The summed E-state index contributed by atoms with van der Waals surface area (Å²) in [6.45, 7) is 5.81. The van der Waals surface area contributed by atoms with Gasteiger partial charge >= 0.3 is 18.2 Å². The average molecular weight is 714 g/mol. The first-order valence-electron chi connectivity index (χ1n) is 16.9. The van der Waals surface area contributed by atoms with Crippen molar-refractivity contribution in [1.82, 2.24) is 9.80 Å². The van der Waals surface area contributed by atoms with Crippen LogP contribution in [0.4, 0.5) is 39.8 Å². The lowest BCUT2D eigenvalue weighted by molar-refractivity contribution is -0.137. The van der Waals surface area contributed by atoms with E-state index in [0.717, 1.165) is 18.6 Å². The zero-order valence-electron chi connectivity index (χ0n) is 29.2. The number of rotatable bonds is 7. The van der Waals surface area contributed by atoms with Crippen molar-refractivity contribution in [3.8, 4) is 5.75 Å². The number of para-hydroxylation sites is 1. The lowest BCUT2D eigenvalue weighted by Crippen LogP contribution is -2.48. The molecule has 0 spiro atoms. The largest absolute Gasteiger partial charge is 0.490 e. The third-order valence-electron chi connectivity index (χ3n) is 8.61. The summed E-state index contributed by atoms with van der Waals surface area (Å²) in [6.07, 6.45) is -3.14. The maximum atomic E-state index is 14.3. The van der Waals surface area contributed by atoms with Gasteiger partial charge in [0.2, 0.25) is 0 Å². The molecule has 0 saturated heterocycles.